The van der Waals surface area contributed by atoms with Crippen LogP contribution >= 0.6 is 11.3 Å². The molecule has 3 aromatic rings. The standard InChI is InChI=1S/C21H17N5O4S/c1-12-18(24-23-15-7-3-14(4-8-15)20(28)29)19(27)26(25-12)21-22-17(11-31-21)13-5-9-16(30-2)10-6-13/h3-11,18H,1-2H3,(H,28,29)/t18-/m0/s1. The molecule has 0 aliphatic carbocycles. The number of carboxylic acid groups (broad SMARTS) is 1. The lowest BCUT2D eigenvalue weighted by Gasteiger charge is -2.08. The molecule has 0 spiro atoms. The van der Waals surface area contributed by atoms with Crippen LogP contribution in [0.2, 0.25) is 0 Å². The Kier molecular flexibility index (Phi) is 5.54. The number of carbonyl (C=O) groups is 2. The number of hydrogen-bond donors (Lipinski definition) is 1. The molecule has 10 heteroatoms. The largest absolute Gasteiger partial charge is 0.497 e. The van der Waals surface area contributed by atoms with Crippen LogP contribution in [-0.2, 0) is 4.79 Å². The first kappa shape index (κ1) is 20.4. The van der Waals surface area contributed by atoms with Gasteiger partial charge in [-0.25, -0.2) is 9.78 Å². The van der Waals surface area contributed by atoms with Crippen LogP contribution in [0.3, 0.4) is 0 Å². The van der Waals surface area contributed by atoms with Crippen molar-refractivity contribution in [2.45, 2.75) is 13.0 Å². The van der Waals surface area contributed by atoms with Gasteiger partial charge in [-0.1, -0.05) is 0 Å². The third kappa shape index (κ3) is 4.19. The van der Waals surface area contributed by atoms with Crippen LogP contribution in [0.15, 0.2) is 69.2 Å². The Balaban J connectivity index is 1.50. The SMILES string of the molecule is COc1ccc(-c2csc(N3N=C(C)[C@H](N=Nc4ccc(C(=O)O)cc4)C3=O)n2)cc1. The number of aromatic nitrogens is 1. The summed E-state index contributed by atoms with van der Waals surface area (Å²) in [5.41, 5.74) is 2.72. The van der Waals surface area contributed by atoms with Crippen LogP contribution in [0.4, 0.5) is 10.8 Å². The molecule has 0 bridgehead atoms. The molecule has 0 saturated heterocycles. The van der Waals surface area contributed by atoms with Gasteiger partial charge in [0, 0.05) is 10.9 Å². The van der Waals surface area contributed by atoms with E-state index < -0.39 is 12.0 Å². The smallest absolute Gasteiger partial charge is 0.335 e. The summed E-state index contributed by atoms with van der Waals surface area (Å²) in [7, 11) is 1.61. The van der Waals surface area contributed by atoms with Gasteiger partial charge in [0.1, 0.15) is 5.75 Å². The Hall–Kier alpha value is -3.92. The summed E-state index contributed by atoms with van der Waals surface area (Å²) in [6.45, 7) is 1.70. The first-order valence-corrected chi connectivity index (χ1v) is 10.1. The van der Waals surface area contributed by atoms with Gasteiger partial charge >= 0.3 is 5.97 Å². The number of carbonyl (C=O) groups excluding carboxylic acids is 1. The predicted molar refractivity (Wildman–Crippen MR) is 116 cm³/mol. The highest BCUT2D eigenvalue weighted by atomic mass is 32.1. The van der Waals surface area contributed by atoms with Crippen molar-refractivity contribution >= 4 is 39.7 Å². The molecule has 0 radical (unpaired) electrons. The van der Waals surface area contributed by atoms with Crippen LogP contribution in [0, 0.1) is 0 Å². The number of hydrazone groups is 1. The second-order valence-corrected chi connectivity index (χ2v) is 7.44. The molecule has 1 N–H and O–H groups in total. The molecule has 0 fully saturated rings. The van der Waals surface area contributed by atoms with E-state index in [0.29, 0.717) is 16.5 Å². The quantitative estimate of drug-likeness (QED) is 0.576. The third-order valence-corrected chi connectivity index (χ3v) is 5.37. The van der Waals surface area contributed by atoms with Gasteiger partial charge in [0.15, 0.2) is 6.04 Å². The molecular formula is C21H17N5O4S. The second kappa shape index (κ2) is 8.44. The highest BCUT2D eigenvalue weighted by molar-refractivity contribution is 7.14. The van der Waals surface area contributed by atoms with Crippen LogP contribution in [0.5, 0.6) is 5.75 Å². The second-order valence-electron chi connectivity index (χ2n) is 6.61. The molecular weight excluding hydrogens is 418 g/mol. The maximum atomic E-state index is 12.8. The molecule has 1 aromatic heterocycles. The number of methoxy groups -OCH3 is 1. The van der Waals surface area contributed by atoms with E-state index in [4.69, 9.17) is 9.84 Å². The minimum Gasteiger partial charge on any atom is -0.497 e. The third-order valence-electron chi connectivity index (χ3n) is 4.56. The van der Waals surface area contributed by atoms with E-state index in [1.165, 1.54) is 40.6 Å². The number of thiazole rings is 1. The number of rotatable bonds is 6. The molecule has 1 amide bonds. The van der Waals surface area contributed by atoms with Crippen molar-refractivity contribution in [3.63, 3.8) is 0 Å². The van der Waals surface area contributed by atoms with Crippen molar-refractivity contribution in [2.75, 3.05) is 12.1 Å². The van der Waals surface area contributed by atoms with E-state index in [1.54, 1.807) is 14.0 Å². The molecule has 1 aliphatic rings. The molecule has 2 aromatic carbocycles. The molecule has 0 saturated carbocycles. The van der Waals surface area contributed by atoms with Crippen molar-refractivity contribution in [1.29, 1.82) is 0 Å². The fraction of sp³-hybridized carbons (Fsp3) is 0.143. The zero-order valence-corrected chi connectivity index (χ0v) is 17.4. The summed E-state index contributed by atoms with van der Waals surface area (Å²) in [5, 5.41) is 25.0. The van der Waals surface area contributed by atoms with Crippen LogP contribution in [0.25, 0.3) is 11.3 Å². The molecule has 0 unspecified atom stereocenters. The number of benzene rings is 2. The fourth-order valence-electron chi connectivity index (χ4n) is 2.88. The van der Waals surface area contributed by atoms with E-state index in [-0.39, 0.29) is 11.5 Å². The molecule has 1 atom stereocenters. The Labute approximate surface area is 181 Å². The van der Waals surface area contributed by atoms with Gasteiger partial charge in [0.05, 0.1) is 29.8 Å². The van der Waals surface area contributed by atoms with Gasteiger partial charge in [-0.2, -0.15) is 20.3 Å². The van der Waals surface area contributed by atoms with Gasteiger partial charge < -0.3 is 9.84 Å². The van der Waals surface area contributed by atoms with E-state index in [2.05, 4.69) is 20.3 Å². The Morgan fingerprint density at radius 3 is 2.52 bits per heavy atom. The lowest BCUT2D eigenvalue weighted by Crippen LogP contribution is -2.29. The minimum absolute atomic E-state index is 0.149. The van der Waals surface area contributed by atoms with Crippen LogP contribution < -0.4 is 9.75 Å². The first-order valence-electron chi connectivity index (χ1n) is 9.19. The number of aromatic carboxylic acids is 1. The van der Waals surface area contributed by atoms with Crippen LogP contribution in [0.1, 0.15) is 17.3 Å². The highest BCUT2D eigenvalue weighted by Gasteiger charge is 2.36. The maximum absolute atomic E-state index is 12.8. The minimum atomic E-state index is -1.02. The number of carboxylic acids is 1. The predicted octanol–water partition coefficient (Wildman–Crippen LogP) is 4.39. The van der Waals surface area contributed by atoms with Crippen molar-refractivity contribution < 1.29 is 19.4 Å². The summed E-state index contributed by atoms with van der Waals surface area (Å²) in [4.78, 5) is 28.3. The number of nitrogens with zero attached hydrogens (tertiary/aromatic N) is 5. The van der Waals surface area contributed by atoms with E-state index in [0.717, 1.165) is 17.0 Å². The zero-order chi connectivity index (χ0) is 22.0. The molecule has 31 heavy (non-hydrogen) atoms. The summed E-state index contributed by atoms with van der Waals surface area (Å²) in [5.74, 6) is -0.621. The Morgan fingerprint density at radius 1 is 1.16 bits per heavy atom. The number of hydrogen-bond acceptors (Lipinski definition) is 8. The number of ether oxygens (including phenoxy) is 1. The Bertz CT molecular complexity index is 1190. The Morgan fingerprint density at radius 2 is 1.87 bits per heavy atom. The van der Waals surface area contributed by atoms with Crippen molar-refractivity contribution in [1.82, 2.24) is 4.98 Å². The molecule has 4 rings (SSSR count). The van der Waals surface area contributed by atoms with Gasteiger partial charge in [-0.15, -0.1) is 11.3 Å². The van der Waals surface area contributed by atoms with Gasteiger partial charge in [0.2, 0.25) is 5.13 Å². The number of amides is 1. The summed E-state index contributed by atoms with van der Waals surface area (Å²) in [6, 6.07) is 12.5. The van der Waals surface area contributed by atoms with Crippen molar-refractivity contribution in [2.24, 2.45) is 15.3 Å². The normalized spacial score (nSPS) is 16.1. The monoisotopic (exact) mass is 435 g/mol. The topological polar surface area (TPSA) is 117 Å². The molecule has 156 valence electrons. The fourth-order valence-corrected chi connectivity index (χ4v) is 3.66. The van der Waals surface area contributed by atoms with E-state index in [1.807, 2.05) is 29.6 Å². The molecule has 9 nitrogen and oxygen atoms in total. The summed E-state index contributed by atoms with van der Waals surface area (Å²) >= 11 is 1.31. The first-order chi connectivity index (χ1) is 15.0. The van der Waals surface area contributed by atoms with E-state index in [9.17, 15) is 9.59 Å². The number of anilines is 1. The van der Waals surface area contributed by atoms with Crippen LogP contribution in [-0.4, -0.2) is 40.8 Å². The molecule has 1 aliphatic heterocycles. The zero-order valence-electron chi connectivity index (χ0n) is 16.6. The average Bonchev–Trinajstić information content (AvgIpc) is 3.37. The van der Waals surface area contributed by atoms with Gasteiger partial charge in [0.25, 0.3) is 5.91 Å². The lowest BCUT2D eigenvalue weighted by atomic mass is 10.2. The van der Waals surface area contributed by atoms with Crippen molar-refractivity contribution in [3.8, 4) is 17.0 Å². The van der Waals surface area contributed by atoms with Crippen molar-refractivity contribution in [3.05, 3.63) is 59.5 Å². The van der Waals surface area contributed by atoms with E-state index >= 15 is 0 Å². The highest BCUT2D eigenvalue weighted by Crippen LogP contribution is 2.31. The summed E-state index contributed by atoms with van der Waals surface area (Å²) < 4.78 is 5.17. The van der Waals surface area contributed by atoms with Gasteiger partial charge in [-0.05, 0) is 55.5 Å². The molecule has 2 heterocycles. The maximum Gasteiger partial charge on any atom is 0.335 e. The number of azo groups is 1. The average molecular weight is 435 g/mol. The van der Waals surface area contributed by atoms with Gasteiger partial charge in [-0.3, -0.25) is 4.79 Å². The summed E-state index contributed by atoms with van der Waals surface area (Å²) in [6.07, 6.45) is 0. The lowest BCUT2D eigenvalue weighted by molar-refractivity contribution is -0.117.